The predicted molar refractivity (Wildman–Crippen MR) is 153 cm³/mol. The molecule has 3 N–H and O–H groups in total. The van der Waals surface area contributed by atoms with E-state index >= 15 is 0 Å². The third kappa shape index (κ3) is 10.2. The second kappa shape index (κ2) is 16.4. The molecule has 0 spiro atoms. The predicted octanol–water partition coefficient (Wildman–Crippen LogP) is 5.73. The van der Waals surface area contributed by atoms with E-state index in [1.807, 2.05) is 34.6 Å². The molecule has 1 rings (SSSR count). The van der Waals surface area contributed by atoms with Crippen molar-refractivity contribution in [3.63, 3.8) is 0 Å². The van der Waals surface area contributed by atoms with E-state index in [1.54, 1.807) is 33.8 Å². The second-order valence-electron chi connectivity index (χ2n) is 11.5. The summed E-state index contributed by atoms with van der Waals surface area (Å²) in [5.41, 5.74) is 6.61. The number of hydrogen-bond donors (Lipinski definition) is 2. The third-order valence-electron chi connectivity index (χ3n) is 7.80. The molecule has 226 valence electrons. The van der Waals surface area contributed by atoms with Crippen LogP contribution in [0.1, 0.15) is 99.5 Å². The van der Waals surface area contributed by atoms with Crippen LogP contribution >= 0.6 is 0 Å². The average molecular weight is 564 g/mol. The number of carbonyl (C=O) groups is 4. The van der Waals surface area contributed by atoms with Crippen LogP contribution in [0.25, 0.3) is 0 Å². The number of carboxylic acids is 1. The van der Waals surface area contributed by atoms with Crippen molar-refractivity contribution >= 4 is 23.9 Å². The topological polar surface area (TPSA) is 142 Å². The molecule has 9 heteroatoms. The normalized spacial score (nSPS) is 16.0. The van der Waals surface area contributed by atoms with Crippen LogP contribution in [0.3, 0.4) is 0 Å². The van der Waals surface area contributed by atoms with E-state index in [-0.39, 0.29) is 35.7 Å². The summed E-state index contributed by atoms with van der Waals surface area (Å²) < 4.78 is 17.0. The zero-order valence-corrected chi connectivity index (χ0v) is 25.6. The number of rotatable bonds is 16. The molecule has 0 bridgehead atoms. The maximum atomic E-state index is 12.9. The first-order valence-corrected chi connectivity index (χ1v) is 14.4. The van der Waals surface area contributed by atoms with Crippen LogP contribution in [0.15, 0.2) is 18.2 Å². The molecule has 1 aromatic carbocycles. The number of carbonyl (C=O) groups excluding carboxylic acids is 3. The lowest BCUT2D eigenvalue weighted by molar-refractivity contribution is -0.151. The number of ether oxygens (including phenoxy) is 3. The van der Waals surface area contributed by atoms with Crippen molar-refractivity contribution < 1.29 is 38.5 Å². The molecule has 0 saturated carbocycles. The van der Waals surface area contributed by atoms with Gasteiger partial charge in [0.2, 0.25) is 0 Å². The molecule has 0 aliphatic rings. The average Bonchev–Trinajstić information content (AvgIpc) is 2.88. The lowest BCUT2D eigenvalue weighted by atomic mass is 9.79. The lowest BCUT2D eigenvalue weighted by Crippen LogP contribution is -2.42. The van der Waals surface area contributed by atoms with Crippen LogP contribution in [0.4, 0.5) is 0 Å². The molecule has 1 aromatic rings. The van der Waals surface area contributed by atoms with Gasteiger partial charge in [-0.2, -0.15) is 0 Å². The van der Waals surface area contributed by atoms with Gasteiger partial charge in [-0.25, -0.2) is 0 Å². The minimum atomic E-state index is -1.34. The Morgan fingerprint density at radius 3 is 1.82 bits per heavy atom. The SMILES string of the molecule is CCCCCC(=O)OC(C)C(C)C(c1ccc(OC(=O)C(C)C(C)C)c(OC(=O)C(C)C(C)C)c1)[C@H](N)C(=O)O. The highest BCUT2D eigenvalue weighted by molar-refractivity contribution is 5.79. The summed E-state index contributed by atoms with van der Waals surface area (Å²) in [4.78, 5) is 50.0. The number of carboxylic acid groups (broad SMARTS) is 1. The fraction of sp³-hybridized carbons (Fsp3) is 0.677. The summed E-state index contributed by atoms with van der Waals surface area (Å²) >= 11 is 0. The van der Waals surface area contributed by atoms with Gasteiger partial charge in [0, 0.05) is 18.3 Å². The minimum absolute atomic E-state index is 0.00157. The third-order valence-corrected chi connectivity index (χ3v) is 7.80. The number of nitrogens with two attached hydrogens (primary N) is 1. The highest BCUT2D eigenvalue weighted by Gasteiger charge is 2.36. The van der Waals surface area contributed by atoms with Crippen LogP contribution in [0, 0.1) is 29.6 Å². The molecule has 0 aliphatic carbocycles. The summed E-state index contributed by atoms with van der Waals surface area (Å²) in [5, 5.41) is 9.82. The zero-order valence-electron chi connectivity index (χ0n) is 25.6. The molecule has 0 fully saturated rings. The molecule has 6 atom stereocenters. The molecule has 40 heavy (non-hydrogen) atoms. The van der Waals surface area contributed by atoms with E-state index < -0.39 is 53.7 Å². The maximum absolute atomic E-state index is 12.9. The summed E-state index contributed by atoms with van der Waals surface area (Å²) in [5.74, 6) is -4.65. The van der Waals surface area contributed by atoms with E-state index in [9.17, 15) is 24.3 Å². The van der Waals surface area contributed by atoms with Crippen molar-refractivity contribution in [3.05, 3.63) is 23.8 Å². The summed E-state index contributed by atoms with van der Waals surface area (Å²) in [6.45, 7) is 16.6. The van der Waals surface area contributed by atoms with Gasteiger partial charge >= 0.3 is 23.9 Å². The van der Waals surface area contributed by atoms with Crippen LogP contribution in [-0.4, -0.2) is 41.1 Å². The summed E-state index contributed by atoms with van der Waals surface area (Å²) in [6.07, 6.45) is 2.24. The van der Waals surface area contributed by atoms with Gasteiger partial charge in [0.15, 0.2) is 11.5 Å². The molecule has 0 aliphatic heterocycles. The van der Waals surface area contributed by atoms with Crippen molar-refractivity contribution in [2.45, 2.75) is 106 Å². The Kier molecular flexibility index (Phi) is 14.3. The van der Waals surface area contributed by atoms with Gasteiger partial charge in [-0.1, -0.05) is 74.3 Å². The Morgan fingerprint density at radius 1 is 0.825 bits per heavy atom. The monoisotopic (exact) mass is 563 g/mol. The number of esters is 3. The highest BCUT2D eigenvalue weighted by Crippen LogP contribution is 2.38. The smallest absolute Gasteiger partial charge is 0.321 e. The molecular formula is C31H49NO8. The van der Waals surface area contributed by atoms with Crippen molar-refractivity contribution in [1.29, 1.82) is 0 Å². The van der Waals surface area contributed by atoms with E-state index in [2.05, 4.69) is 0 Å². The number of unbranched alkanes of at least 4 members (excludes halogenated alkanes) is 2. The first kappa shape index (κ1) is 35.1. The van der Waals surface area contributed by atoms with Gasteiger partial charge in [0.25, 0.3) is 0 Å². The fourth-order valence-electron chi connectivity index (χ4n) is 4.02. The first-order chi connectivity index (χ1) is 18.6. The molecule has 0 heterocycles. The van der Waals surface area contributed by atoms with Gasteiger partial charge < -0.3 is 25.1 Å². The van der Waals surface area contributed by atoms with E-state index in [0.29, 0.717) is 12.0 Å². The molecule has 0 saturated heterocycles. The largest absolute Gasteiger partial charge is 0.480 e. The molecular weight excluding hydrogens is 514 g/mol. The van der Waals surface area contributed by atoms with Crippen molar-refractivity contribution in [3.8, 4) is 11.5 Å². The molecule has 0 aromatic heterocycles. The van der Waals surface area contributed by atoms with Crippen LogP contribution in [0.5, 0.6) is 11.5 Å². The van der Waals surface area contributed by atoms with E-state index in [0.717, 1.165) is 12.8 Å². The second-order valence-corrected chi connectivity index (χ2v) is 11.5. The fourth-order valence-corrected chi connectivity index (χ4v) is 4.02. The van der Waals surface area contributed by atoms with Crippen molar-refractivity contribution in [2.75, 3.05) is 0 Å². The number of aliphatic carboxylic acids is 1. The quantitative estimate of drug-likeness (QED) is 0.146. The number of benzene rings is 1. The van der Waals surface area contributed by atoms with Gasteiger partial charge in [-0.3, -0.25) is 19.2 Å². The van der Waals surface area contributed by atoms with Crippen molar-refractivity contribution in [1.82, 2.24) is 0 Å². The highest BCUT2D eigenvalue weighted by atomic mass is 16.6. The lowest BCUT2D eigenvalue weighted by Gasteiger charge is -2.32. The minimum Gasteiger partial charge on any atom is -0.480 e. The Balaban J connectivity index is 3.48. The Morgan fingerprint density at radius 2 is 1.35 bits per heavy atom. The maximum Gasteiger partial charge on any atom is 0.321 e. The zero-order chi connectivity index (χ0) is 30.7. The Hall–Kier alpha value is -2.94. The standard InChI is InChI=1S/C31H49NO8/c1-10-11-12-13-26(33)38-22(9)21(8)27(28(32)29(34)35)23-14-15-24(39-30(36)19(6)17(2)3)25(16-23)40-31(37)20(7)18(4)5/h14-22,27-28H,10-13,32H2,1-9H3,(H,34,35)/t19?,20?,21?,22?,27?,28-/m0/s1. The van der Waals surface area contributed by atoms with Gasteiger partial charge in [-0.15, -0.1) is 0 Å². The van der Waals surface area contributed by atoms with Crippen LogP contribution in [-0.2, 0) is 23.9 Å². The molecule has 0 radical (unpaired) electrons. The van der Waals surface area contributed by atoms with Gasteiger partial charge in [-0.05, 0) is 42.9 Å². The van der Waals surface area contributed by atoms with Gasteiger partial charge in [0.05, 0.1) is 11.8 Å². The van der Waals surface area contributed by atoms with Crippen molar-refractivity contribution in [2.24, 2.45) is 35.3 Å². The van der Waals surface area contributed by atoms with Gasteiger partial charge in [0.1, 0.15) is 12.1 Å². The molecule has 0 amide bonds. The summed E-state index contributed by atoms with van der Waals surface area (Å²) in [7, 11) is 0. The van der Waals surface area contributed by atoms with Crippen LogP contribution in [0.2, 0.25) is 0 Å². The van der Waals surface area contributed by atoms with E-state index in [1.165, 1.54) is 12.1 Å². The number of hydrogen-bond acceptors (Lipinski definition) is 8. The molecule has 5 unspecified atom stereocenters. The Labute approximate surface area is 239 Å². The Bertz CT molecular complexity index is 1010. The summed E-state index contributed by atoms with van der Waals surface area (Å²) in [6, 6.07) is 3.24. The molecule has 9 nitrogen and oxygen atoms in total. The van der Waals surface area contributed by atoms with Crippen LogP contribution < -0.4 is 15.2 Å². The first-order valence-electron chi connectivity index (χ1n) is 14.4. The van der Waals surface area contributed by atoms with E-state index in [4.69, 9.17) is 19.9 Å².